The zero-order chi connectivity index (χ0) is 24.3. The summed E-state index contributed by atoms with van der Waals surface area (Å²) in [5.74, 6) is 1.14. The van der Waals surface area contributed by atoms with Crippen molar-refractivity contribution < 1.29 is 9.13 Å². The number of ether oxygens (including phenoxy) is 1. The highest BCUT2D eigenvalue weighted by atomic mass is 19.1. The van der Waals surface area contributed by atoms with Crippen LogP contribution < -0.4 is 10.1 Å². The summed E-state index contributed by atoms with van der Waals surface area (Å²) in [6.45, 7) is 3.80. The van der Waals surface area contributed by atoms with Gasteiger partial charge in [-0.15, -0.1) is 11.7 Å². The van der Waals surface area contributed by atoms with Gasteiger partial charge < -0.3 is 10.1 Å². The number of benzene rings is 3. The van der Waals surface area contributed by atoms with Gasteiger partial charge in [0, 0.05) is 12.1 Å². The summed E-state index contributed by atoms with van der Waals surface area (Å²) in [6.07, 6.45) is 1.52. The van der Waals surface area contributed by atoms with Crippen LogP contribution in [0.5, 0.6) is 5.75 Å². The van der Waals surface area contributed by atoms with Crippen LogP contribution in [0.1, 0.15) is 22.4 Å². The number of methoxy groups -OCH3 is 1. The summed E-state index contributed by atoms with van der Waals surface area (Å²) in [5, 5.41) is 7.66. The first-order valence-electron chi connectivity index (χ1n) is 11.3. The minimum Gasteiger partial charge on any atom is -0.497 e. The third-order valence-corrected chi connectivity index (χ3v) is 6.16. The molecule has 174 valence electrons. The highest BCUT2D eigenvalue weighted by Gasteiger charge is 2.37. The van der Waals surface area contributed by atoms with Gasteiger partial charge in [-0.25, -0.2) is 4.52 Å². The Morgan fingerprint density at radius 1 is 0.886 bits per heavy atom. The quantitative estimate of drug-likeness (QED) is 0.226. The van der Waals surface area contributed by atoms with Gasteiger partial charge in [-0.2, -0.15) is 9.37 Å². The summed E-state index contributed by atoms with van der Waals surface area (Å²) < 4.78 is 21.7. The van der Waals surface area contributed by atoms with Crippen molar-refractivity contribution >= 4 is 11.3 Å². The number of allylic oxidation sites excluding steroid dienone is 1. The van der Waals surface area contributed by atoms with Crippen LogP contribution in [0.25, 0.3) is 5.52 Å². The molecule has 0 atom stereocenters. The fraction of sp³-hybridized carbons (Fsp3) is 0.103. The predicted molar refractivity (Wildman–Crippen MR) is 136 cm³/mol. The molecule has 5 rings (SSSR count). The van der Waals surface area contributed by atoms with Gasteiger partial charge in [0.25, 0.3) is 0 Å². The molecule has 0 bridgehead atoms. The van der Waals surface area contributed by atoms with Crippen molar-refractivity contribution in [3.63, 3.8) is 0 Å². The first-order valence-corrected chi connectivity index (χ1v) is 11.3. The normalized spacial score (nSPS) is 11.4. The number of nitrogens with zero attached hydrogens (tertiary/aromatic N) is 3. The van der Waals surface area contributed by atoms with Crippen molar-refractivity contribution in [2.45, 2.75) is 12.0 Å². The van der Waals surface area contributed by atoms with Crippen LogP contribution >= 0.6 is 0 Å². The highest BCUT2D eigenvalue weighted by molar-refractivity contribution is 5.72. The van der Waals surface area contributed by atoms with Crippen LogP contribution in [0.15, 0.2) is 110 Å². The van der Waals surface area contributed by atoms with Gasteiger partial charge in [-0.1, -0.05) is 78.9 Å². The second-order valence-corrected chi connectivity index (χ2v) is 8.18. The fourth-order valence-corrected chi connectivity index (χ4v) is 4.53. The number of fused-ring (bicyclic) bond motifs is 1. The monoisotopic (exact) mass is 464 g/mol. The van der Waals surface area contributed by atoms with E-state index in [1.54, 1.807) is 17.7 Å². The Hall–Kier alpha value is -4.45. The molecule has 0 aliphatic carbocycles. The van der Waals surface area contributed by atoms with E-state index in [1.807, 2.05) is 72.8 Å². The van der Waals surface area contributed by atoms with Crippen LogP contribution in [-0.2, 0) is 12.0 Å². The molecule has 2 heterocycles. The van der Waals surface area contributed by atoms with Crippen LogP contribution in [0.3, 0.4) is 0 Å². The summed E-state index contributed by atoms with van der Waals surface area (Å²) in [5.41, 5.74) is 3.53. The Morgan fingerprint density at radius 2 is 1.49 bits per heavy atom. The standard InChI is InChI=1S/C29H25FN4O/c1-3-10-24-17-20-26-27(31-28(30)33-34(24)26)32-29(21-11-6-4-7-12-21,22-13-8-5-9-14-22)23-15-18-25(35-2)19-16-23/h3-9,11-20H,1,10H2,2H3,(H,31,32,33). The number of rotatable bonds is 8. The molecule has 0 fully saturated rings. The summed E-state index contributed by atoms with van der Waals surface area (Å²) in [6, 6.07) is 31.8. The molecule has 0 aliphatic rings. The molecule has 0 saturated heterocycles. The van der Waals surface area contributed by atoms with E-state index in [4.69, 9.17) is 4.74 Å². The highest BCUT2D eigenvalue weighted by Crippen LogP contribution is 2.41. The zero-order valence-corrected chi connectivity index (χ0v) is 19.4. The molecule has 3 aromatic carbocycles. The van der Waals surface area contributed by atoms with Crippen molar-refractivity contribution in [1.82, 2.24) is 14.6 Å². The smallest absolute Gasteiger partial charge is 0.327 e. The minimum atomic E-state index is -0.876. The zero-order valence-electron chi connectivity index (χ0n) is 19.4. The summed E-state index contributed by atoms with van der Waals surface area (Å²) in [7, 11) is 1.64. The van der Waals surface area contributed by atoms with Gasteiger partial charge in [-0.05, 0) is 41.0 Å². The van der Waals surface area contributed by atoms with Crippen LogP contribution in [-0.4, -0.2) is 21.7 Å². The Labute approximate surface area is 203 Å². The Balaban J connectivity index is 1.80. The molecular weight excluding hydrogens is 439 g/mol. The molecule has 0 radical (unpaired) electrons. The number of hydrogen-bond acceptors (Lipinski definition) is 4. The number of anilines is 1. The molecule has 2 aromatic heterocycles. The number of nitrogens with one attached hydrogen (secondary N) is 1. The van der Waals surface area contributed by atoms with E-state index < -0.39 is 11.6 Å². The third-order valence-electron chi connectivity index (χ3n) is 6.16. The second kappa shape index (κ2) is 9.43. The summed E-state index contributed by atoms with van der Waals surface area (Å²) in [4.78, 5) is 4.21. The molecule has 5 nitrogen and oxygen atoms in total. The van der Waals surface area contributed by atoms with E-state index in [0.717, 1.165) is 28.1 Å². The van der Waals surface area contributed by atoms with Gasteiger partial charge in [0.15, 0.2) is 5.82 Å². The Kier molecular flexibility index (Phi) is 6.02. The van der Waals surface area contributed by atoms with Crippen LogP contribution in [0, 0.1) is 6.08 Å². The molecule has 0 saturated carbocycles. The van der Waals surface area contributed by atoms with E-state index in [2.05, 4.69) is 46.2 Å². The molecule has 0 aliphatic heterocycles. The molecule has 6 heteroatoms. The molecule has 35 heavy (non-hydrogen) atoms. The summed E-state index contributed by atoms with van der Waals surface area (Å²) >= 11 is 0. The predicted octanol–water partition coefficient (Wildman–Crippen LogP) is 6.01. The number of hydrogen-bond donors (Lipinski definition) is 1. The van der Waals surface area contributed by atoms with Gasteiger partial charge >= 0.3 is 6.08 Å². The Bertz CT molecular complexity index is 1410. The maximum atomic E-state index is 14.8. The second-order valence-electron chi connectivity index (χ2n) is 8.18. The molecule has 5 aromatic rings. The maximum absolute atomic E-state index is 14.8. The van der Waals surface area contributed by atoms with E-state index in [1.165, 1.54) is 0 Å². The lowest BCUT2D eigenvalue weighted by Gasteiger charge is -2.37. The molecule has 0 amide bonds. The van der Waals surface area contributed by atoms with E-state index in [-0.39, 0.29) is 0 Å². The van der Waals surface area contributed by atoms with E-state index in [0.29, 0.717) is 17.8 Å². The van der Waals surface area contributed by atoms with Crippen molar-refractivity contribution in [2.75, 3.05) is 12.4 Å². The van der Waals surface area contributed by atoms with Crippen LogP contribution in [0.2, 0.25) is 0 Å². The molecule has 1 N–H and O–H groups in total. The van der Waals surface area contributed by atoms with Gasteiger partial charge in [0.1, 0.15) is 16.8 Å². The minimum absolute atomic E-state index is 0.385. The van der Waals surface area contributed by atoms with E-state index >= 15 is 0 Å². The van der Waals surface area contributed by atoms with Gasteiger partial charge in [0.2, 0.25) is 0 Å². The van der Waals surface area contributed by atoms with Crippen molar-refractivity contribution in [2.24, 2.45) is 0 Å². The molecular formula is C29H25FN4O. The molecule has 0 spiro atoms. The van der Waals surface area contributed by atoms with Crippen molar-refractivity contribution in [3.05, 3.63) is 138 Å². The third kappa shape index (κ3) is 4.04. The van der Waals surface area contributed by atoms with E-state index in [9.17, 15) is 4.39 Å². The average Bonchev–Trinajstić information content (AvgIpc) is 3.31. The fourth-order valence-electron chi connectivity index (χ4n) is 4.53. The lowest BCUT2D eigenvalue weighted by molar-refractivity contribution is 0.414. The maximum Gasteiger partial charge on any atom is 0.327 e. The van der Waals surface area contributed by atoms with Crippen LogP contribution in [0.4, 0.5) is 10.2 Å². The lowest BCUT2D eigenvalue weighted by Crippen LogP contribution is -2.38. The number of halogens is 1. The van der Waals surface area contributed by atoms with Gasteiger partial charge in [0.05, 0.1) is 7.11 Å². The lowest BCUT2D eigenvalue weighted by atomic mass is 9.77. The first-order chi connectivity index (χ1) is 17.2. The SMILES string of the molecule is C=CCc1ccc2c(NC(c3ccccc3)(c3ccccc3)c3ccc(OC)cc3)nc(F)nn12. The Morgan fingerprint density at radius 3 is 2.06 bits per heavy atom. The first kappa shape index (κ1) is 22.3. The van der Waals surface area contributed by atoms with Gasteiger partial charge in [-0.3, -0.25) is 0 Å². The van der Waals surface area contributed by atoms with Crippen molar-refractivity contribution in [1.29, 1.82) is 0 Å². The number of aromatic nitrogens is 3. The largest absolute Gasteiger partial charge is 0.497 e. The van der Waals surface area contributed by atoms with Crippen molar-refractivity contribution in [3.8, 4) is 5.75 Å². The molecule has 0 unspecified atom stereocenters. The topological polar surface area (TPSA) is 51.5 Å². The average molecular weight is 465 g/mol.